The predicted octanol–water partition coefficient (Wildman–Crippen LogP) is 5.09. The Morgan fingerprint density at radius 1 is 1.04 bits per heavy atom. The number of benzene rings is 3. The molecule has 3 rings (SSSR count). The first-order chi connectivity index (χ1) is 12.0. The van der Waals surface area contributed by atoms with Crippen molar-refractivity contribution in [2.45, 2.75) is 17.9 Å². The third-order valence-electron chi connectivity index (χ3n) is 3.93. The Labute approximate surface area is 149 Å². The fraction of sp³-hybridized carbons (Fsp3) is 0.150. The molecule has 0 spiro atoms. The van der Waals surface area contributed by atoms with E-state index in [2.05, 4.69) is 5.32 Å². The van der Waals surface area contributed by atoms with E-state index >= 15 is 0 Å². The van der Waals surface area contributed by atoms with E-state index in [1.165, 1.54) is 17.8 Å². The molecule has 128 valence electrons. The maximum absolute atomic E-state index is 13.2. The SMILES string of the molecule is C[C@H](NC(=O)CSc1ccc(F)c(F)c1)c1cccc2ccccc12. The Morgan fingerprint density at radius 2 is 1.80 bits per heavy atom. The van der Waals surface area contributed by atoms with Gasteiger partial charge in [-0.1, -0.05) is 42.5 Å². The van der Waals surface area contributed by atoms with Crippen LogP contribution < -0.4 is 5.32 Å². The highest BCUT2D eigenvalue weighted by molar-refractivity contribution is 8.00. The molecule has 0 fully saturated rings. The molecule has 0 aliphatic carbocycles. The van der Waals surface area contributed by atoms with Gasteiger partial charge in [0.25, 0.3) is 0 Å². The summed E-state index contributed by atoms with van der Waals surface area (Å²) in [5.74, 6) is -1.82. The molecule has 0 saturated heterocycles. The van der Waals surface area contributed by atoms with Crippen LogP contribution in [0.4, 0.5) is 8.78 Å². The molecule has 0 aliphatic rings. The topological polar surface area (TPSA) is 29.1 Å². The lowest BCUT2D eigenvalue weighted by atomic mass is 10.00. The summed E-state index contributed by atoms with van der Waals surface area (Å²) in [4.78, 5) is 12.7. The van der Waals surface area contributed by atoms with E-state index in [1.54, 1.807) is 0 Å². The second-order valence-corrected chi connectivity index (χ2v) is 6.77. The Balaban J connectivity index is 1.64. The van der Waals surface area contributed by atoms with Crippen LogP contribution in [0.5, 0.6) is 0 Å². The minimum absolute atomic E-state index is 0.139. The van der Waals surface area contributed by atoms with Crippen molar-refractivity contribution in [3.63, 3.8) is 0 Å². The summed E-state index contributed by atoms with van der Waals surface area (Å²) in [6, 6.07) is 17.5. The number of thioether (sulfide) groups is 1. The number of fused-ring (bicyclic) bond motifs is 1. The van der Waals surface area contributed by atoms with Gasteiger partial charge in [0.05, 0.1) is 11.8 Å². The monoisotopic (exact) mass is 357 g/mol. The number of amides is 1. The van der Waals surface area contributed by atoms with Gasteiger partial charge in [-0.2, -0.15) is 0 Å². The Hall–Kier alpha value is -2.40. The van der Waals surface area contributed by atoms with Gasteiger partial charge in [0.15, 0.2) is 11.6 Å². The maximum Gasteiger partial charge on any atom is 0.230 e. The molecule has 0 aliphatic heterocycles. The zero-order chi connectivity index (χ0) is 17.8. The first-order valence-electron chi connectivity index (χ1n) is 7.89. The highest BCUT2D eigenvalue weighted by Crippen LogP contribution is 2.25. The van der Waals surface area contributed by atoms with Gasteiger partial charge in [-0.05, 0) is 41.5 Å². The van der Waals surface area contributed by atoms with Gasteiger partial charge in [0.1, 0.15) is 0 Å². The van der Waals surface area contributed by atoms with E-state index in [9.17, 15) is 13.6 Å². The van der Waals surface area contributed by atoms with Crippen molar-refractivity contribution in [1.29, 1.82) is 0 Å². The molecule has 0 radical (unpaired) electrons. The van der Waals surface area contributed by atoms with E-state index < -0.39 is 11.6 Å². The van der Waals surface area contributed by atoms with Crippen molar-refractivity contribution in [2.75, 3.05) is 5.75 Å². The van der Waals surface area contributed by atoms with Gasteiger partial charge < -0.3 is 5.32 Å². The second kappa shape index (κ2) is 7.66. The molecule has 25 heavy (non-hydrogen) atoms. The lowest BCUT2D eigenvalue weighted by Gasteiger charge is -2.16. The highest BCUT2D eigenvalue weighted by Gasteiger charge is 2.13. The van der Waals surface area contributed by atoms with Crippen molar-refractivity contribution < 1.29 is 13.6 Å². The number of carbonyl (C=O) groups excluding carboxylic acids is 1. The van der Waals surface area contributed by atoms with Gasteiger partial charge in [-0.3, -0.25) is 4.79 Å². The molecule has 1 amide bonds. The summed E-state index contributed by atoms with van der Waals surface area (Å²) in [5.41, 5.74) is 1.05. The molecule has 1 atom stereocenters. The molecule has 2 nitrogen and oxygen atoms in total. The van der Waals surface area contributed by atoms with Crippen molar-refractivity contribution >= 4 is 28.4 Å². The zero-order valence-electron chi connectivity index (χ0n) is 13.6. The summed E-state index contributed by atoms with van der Waals surface area (Å²) in [7, 11) is 0. The predicted molar refractivity (Wildman–Crippen MR) is 97.6 cm³/mol. The number of hydrogen-bond donors (Lipinski definition) is 1. The summed E-state index contributed by atoms with van der Waals surface area (Å²) >= 11 is 1.17. The first kappa shape index (κ1) is 17.4. The Kier molecular flexibility index (Phi) is 5.34. The van der Waals surface area contributed by atoms with Gasteiger partial charge in [-0.15, -0.1) is 11.8 Å². The Bertz CT molecular complexity index is 908. The van der Waals surface area contributed by atoms with E-state index in [-0.39, 0.29) is 17.7 Å². The van der Waals surface area contributed by atoms with E-state index in [0.29, 0.717) is 4.90 Å². The van der Waals surface area contributed by atoms with Crippen LogP contribution in [-0.4, -0.2) is 11.7 Å². The molecule has 0 bridgehead atoms. The lowest BCUT2D eigenvalue weighted by molar-refractivity contribution is -0.119. The van der Waals surface area contributed by atoms with Crippen LogP contribution in [0.15, 0.2) is 65.6 Å². The van der Waals surface area contributed by atoms with Crippen molar-refractivity contribution in [3.05, 3.63) is 77.9 Å². The van der Waals surface area contributed by atoms with Crippen molar-refractivity contribution in [3.8, 4) is 0 Å². The van der Waals surface area contributed by atoms with E-state index in [1.807, 2.05) is 49.4 Å². The van der Waals surface area contributed by atoms with Crippen LogP contribution in [-0.2, 0) is 4.79 Å². The maximum atomic E-state index is 13.2. The molecule has 1 N–H and O–H groups in total. The number of rotatable bonds is 5. The average Bonchev–Trinajstić information content (AvgIpc) is 2.62. The standard InChI is InChI=1S/C20H17F2NOS/c1-13(16-8-4-6-14-5-2-3-7-17(14)16)23-20(24)12-25-15-9-10-18(21)19(22)11-15/h2-11,13H,12H2,1H3,(H,23,24)/t13-/m0/s1. The summed E-state index contributed by atoms with van der Waals surface area (Å²) < 4.78 is 26.1. The van der Waals surface area contributed by atoms with Crippen LogP contribution in [0.25, 0.3) is 10.8 Å². The van der Waals surface area contributed by atoms with Gasteiger partial charge in [0.2, 0.25) is 5.91 Å². The van der Waals surface area contributed by atoms with E-state index in [0.717, 1.165) is 28.5 Å². The van der Waals surface area contributed by atoms with Crippen LogP contribution >= 0.6 is 11.8 Å². The largest absolute Gasteiger partial charge is 0.349 e. The smallest absolute Gasteiger partial charge is 0.230 e. The van der Waals surface area contributed by atoms with Gasteiger partial charge in [0, 0.05) is 4.90 Å². The molecule has 3 aromatic rings. The second-order valence-electron chi connectivity index (χ2n) is 5.72. The quantitative estimate of drug-likeness (QED) is 0.645. The third kappa shape index (κ3) is 4.17. The summed E-state index contributed by atoms with van der Waals surface area (Å²) in [5, 5.41) is 5.18. The first-order valence-corrected chi connectivity index (χ1v) is 8.88. The number of hydrogen-bond acceptors (Lipinski definition) is 2. The fourth-order valence-corrected chi connectivity index (χ4v) is 3.44. The zero-order valence-corrected chi connectivity index (χ0v) is 14.4. The number of nitrogens with one attached hydrogen (secondary N) is 1. The van der Waals surface area contributed by atoms with Crippen molar-refractivity contribution in [2.24, 2.45) is 0 Å². The van der Waals surface area contributed by atoms with Crippen LogP contribution in [0, 0.1) is 11.6 Å². The lowest BCUT2D eigenvalue weighted by Crippen LogP contribution is -2.28. The molecular formula is C20H17F2NOS. The molecule has 3 aromatic carbocycles. The van der Waals surface area contributed by atoms with Crippen LogP contribution in [0.2, 0.25) is 0 Å². The third-order valence-corrected chi connectivity index (χ3v) is 4.92. The molecule has 0 unspecified atom stereocenters. The summed E-state index contributed by atoms with van der Waals surface area (Å²) in [6.45, 7) is 1.93. The minimum atomic E-state index is -0.908. The van der Waals surface area contributed by atoms with Crippen LogP contribution in [0.1, 0.15) is 18.5 Å². The Morgan fingerprint density at radius 3 is 2.60 bits per heavy atom. The summed E-state index contributed by atoms with van der Waals surface area (Å²) in [6.07, 6.45) is 0. The average molecular weight is 357 g/mol. The minimum Gasteiger partial charge on any atom is -0.349 e. The molecule has 0 saturated carbocycles. The van der Waals surface area contributed by atoms with Gasteiger partial charge >= 0.3 is 0 Å². The highest BCUT2D eigenvalue weighted by atomic mass is 32.2. The molecular weight excluding hydrogens is 340 g/mol. The molecule has 0 aromatic heterocycles. The van der Waals surface area contributed by atoms with Gasteiger partial charge in [-0.25, -0.2) is 8.78 Å². The number of carbonyl (C=O) groups is 1. The van der Waals surface area contributed by atoms with E-state index in [4.69, 9.17) is 0 Å². The number of halogens is 2. The molecule has 5 heteroatoms. The van der Waals surface area contributed by atoms with Crippen LogP contribution in [0.3, 0.4) is 0 Å². The van der Waals surface area contributed by atoms with Crippen molar-refractivity contribution in [1.82, 2.24) is 5.32 Å². The fourth-order valence-electron chi connectivity index (χ4n) is 2.70. The normalized spacial score (nSPS) is 12.1. The molecule has 0 heterocycles.